The lowest BCUT2D eigenvalue weighted by Gasteiger charge is -2.09. The van der Waals surface area contributed by atoms with Crippen molar-refractivity contribution < 1.29 is 19.4 Å². The van der Waals surface area contributed by atoms with Crippen LogP contribution in [0.4, 0.5) is 0 Å². The molecule has 0 heterocycles. The summed E-state index contributed by atoms with van der Waals surface area (Å²) in [6, 6.07) is 1.43. The number of aromatic hydroxyl groups is 1. The molecule has 0 amide bonds. The van der Waals surface area contributed by atoms with Gasteiger partial charge in [-0.15, -0.1) is 0 Å². The Bertz CT molecular complexity index is 480. The zero-order valence-corrected chi connectivity index (χ0v) is 10.6. The SMILES string of the molecule is CCOC(=O)C(=O)c1cc(C)c(C)c(Cl)c1O. The van der Waals surface area contributed by atoms with Crippen LogP contribution in [-0.2, 0) is 9.53 Å². The summed E-state index contributed by atoms with van der Waals surface area (Å²) in [5, 5.41) is 9.81. The molecule has 1 rings (SSSR count). The molecule has 0 aliphatic heterocycles. The van der Waals surface area contributed by atoms with Crippen LogP contribution in [0.3, 0.4) is 0 Å². The number of phenols is 1. The first-order valence-electron chi connectivity index (χ1n) is 5.10. The van der Waals surface area contributed by atoms with Crippen LogP contribution in [0, 0.1) is 13.8 Å². The molecule has 0 bridgehead atoms. The Morgan fingerprint density at radius 2 is 2.00 bits per heavy atom. The first-order chi connectivity index (χ1) is 7.90. The molecule has 5 heteroatoms. The van der Waals surface area contributed by atoms with Gasteiger partial charge in [0.15, 0.2) is 0 Å². The van der Waals surface area contributed by atoms with Gasteiger partial charge in [-0.2, -0.15) is 0 Å². The largest absolute Gasteiger partial charge is 0.506 e. The van der Waals surface area contributed by atoms with Gasteiger partial charge in [-0.3, -0.25) is 4.79 Å². The molecule has 0 unspecified atom stereocenters. The third kappa shape index (κ3) is 2.58. The van der Waals surface area contributed by atoms with Gasteiger partial charge >= 0.3 is 5.97 Å². The molecule has 0 saturated carbocycles. The van der Waals surface area contributed by atoms with Crippen molar-refractivity contribution in [1.29, 1.82) is 0 Å². The van der Waals surface area contributed by atoms with Crippen LogP contribution in [0.5, 0.6) is 5.75 Å². The lowest BCUT2D eigenvalue weighted by Crippen LogP contribution is -2.18. The van der Waals surface area contributed by atoms with E-state index in [1.807, 2.05) is 0 Å². The van der Waals surface area contributed by atoms with E-state index in [1.165, 1.54) is 6.07 Å². The van der Waals surface area contributed by atoms with Crippen LogP contribution < -0.4 is 0 Å². The standard InChI is InChI=1S/C12H13ClO4/c1-4-17-12(16)11(15)8-5-6(2)7(3)9(13)10(8)14/h5,14H,4H2,1-3H3. The van der Waals surface area contributed by atoms with Crippen LogP contribution in [0.15, 0.2) is 6.07 Å². The highest BCUT2D eigenvalue weighted by Gasteiger charge is 2.23. The quantitative estimate of drug-likeness (QED) is 0.512. The highest BCUT2D eigenvalue weighted by atomic mass is 35.5. The molecular formula is C12H13ClO4. The van der Waals surface area contributed by atoms with E-state index in [1.54, 1.807) is 20.8 Å². The smallest absolute Gasteiger partial charge is 0.379 e. The minimum absolute atomic E-state index is 0.0812. The number of rotatable bonds is 3. The average molecular weight is 257 g/mol. The van der Waals surface area contributed by atoms with Crippen LogP contribution >= 0.6 is 11.6 Å². The molecule has 4 nitrogen and oxygen atoms in total. The van der Waals surface area contributed by atoms with Gasteiger partial charge in [-0.05, 0) is 38.0 Å². The number of hydrogen-bond donors (Lipinski definition) is 1. The number of phenolic OH excluding ortho intramolecular Hbond substituents is 1. The van der Waals surface area contributed by atoms with Crippen molar-refractivity contribution in [3.05, 3.63) is 27.8 Å². The van der Waals surface area contributed by atoms with Gasteiger partial charge in [-0.1, -0.05) is 11.6 Å². The third-order valence-electron chi connectivity index (χ3n) is 2.45. The lowest BCUT2D eigenvalue weighted by atomic mass is 10.0. The maximum absolute atomic E-state index is 11.7. The Morgan fingerprint density at radius 3 is 2.53 bits per heavy atom. The Labute approximate surface area is 104 Å². The normalized spacial score (nSPS) is 10.1. The Hall–Kier alpha value is -1.55. The van der Waals surface area contributed by atoms with Gasteiger partial charge in [0.05, 0.1) is 17.2 Å². The summed E-state index contributed by atoms with van der Waals surface area (Å²) in [6.45, 7) is 5.15. The van der Waals surface area contributed by atoms with E-state index >= 15 is 0 Å². The summed E-state index contributed by atoms with van der Waals surface area (Å²) >= 11 is 5.86. The van der Waals surface area contributed by atoms with Crippen LogP contribution in [0.2, 0.25) is 5.02 Å². The molecule has 0 spiro atoms. The second kappa shape index (κ2) is 5.19. The van der Waals surface area contributed by atoms with E-state index in [9.17, 15) is 14.7 Å². The molecule has 0 saturated heterocycles. The summed E-state index contributed by atoms with van der Waals surface area (Å²) in [7, 11) is 0. The van der Waals surface area contributed by atoms with Crippen molar-refractivity contribution in [2.24, 2.45) is 0 Å². The minimum Gasteiger partial charge on any atom is -0.506 e. The number of carbonyl (C=O) groups is 2. The Morgan fingerprint density at radius 1 is 1.41 bits per heavy atom. The summed E-state index contributed by atoms with van der Waals surface area (Å²) in [5.74, 6) is -2.27. The number of halogens is 1. The number of Topliss-reactive ketones (excluding diaryl/α,β-unsaturated/α-hetero) is 1. The topological polar surface area (TPSA) is 63.6 Å². The maximum atomic E-state index is 11.7. The van der Waals surface area contributed by atoms with Crippen LogP contribution in [0.25, 0.3) is 0 Å². The van der Waals surface area contributed by atoms with Crippen molar-refractivity contribution in [1.82, 2.24) is 0 Å². The molecule has 0 fully saturated rings. The van der Waals surface area contributed by atoms with Crippen molar-refractivity contribution >= 4 is 23.4 Å². The summed E-state index contributed by atoms with van der Waals surface area (Å²) < 4.78 is 4.58. The second-order valence-electron chi connectivity index (χ2n) is 3.58. The predicted molar refractivity (Wildman–Crippen MR) is 63.6 cm³/mol. The molecule has 17 heavy (non-hydrogen) atoms. The van der Waals surface area contributed by atoms with Crippen molar-refractivity contribution in [2.45, 2.75) is 20.8 Å². The first-order valence-corrected chi connectivity index (χ1v) is 5.48. The predicted octanol–water partition coefficient (Wildman–Crippen LogP) is 2.41. The average Bonchev–Trinajstić information content (AvgIpc) is 2.30. The molecule has 0 radical (unpaired) electrons. The molecule has 1 aromatic rings. The fourth-order valence-electron chi connectivity index (χ4n) is 1.34. The van der Waals surface area contributed by atoms with Gasteiger partial charge < -0.3 is 9.84 Å². The Kier molecular flexibility index (Phi) is 4.12. The van der Waals surface area contributed by atoms with E-state index < -0.39 is 11.8 Å². The van der Waals surface area contributed by atoms with Crippen LogP contribution in [-0.4, -0.2) is 23.5 Å². The first kappa shape index (κ1) is 13.5. The van der Waals surface area contributed by atoms with Crippen LogP contribution in [0.1, 0.15) is 28.4 Å². The number of hydrogen-bond acceptors (Lipinski definition) is 4. The van der Waals surface area contributed by atoms with Gasteiger partial charge in [0.1, 0.15) is 5.75 Å². The lowest BCUT2D eigenvalue weighted by molar-refractivity contribution is -0.137. The van der Waals surface area contributed by atoms with Gasteiger partial charge in [0.25, 0.3) is 5.78 Å². The molecule has 0 atom stereocenters. The monoisotopic (exact) mass is 256 g/mol. The van der Waals surface area contributed by atoms with Gasteiger partial charge in [0.2, 0.25) is 0 Å². The number of benzene rings is 1. The summed E-state index contributed by atoms with van der Waals surface area (Å²) in [4.78, 5) is 23.0. The van der Waals surface area contributed by atoms with Crippen molar-refractivity contribution in [2.75, 3.05) is 6.61 Å². The molecule has 0 aliphatic carbocycles. The van der Waals surface area contributed by atoms with Gasteiger partial charge in [0, 0.05) is 0 Å². The highest BCUT2D eigenvalue weighted by molar-refractivity contribution is 6.42. The molecule has 1 N–H and O–H groups in total. The fraction of sp³-hybridized carbons (Fsp3) is 0.333. The zero-order chi connectivity index (χ0) is 13.2. The highest BCUT2D eigenvalue weighted by Crippen LogP contribution is 2.33. The van der Waals surface area contributed by atoms with E-state index in [0.29, 0.717) is 5.56 Å². The van der Waals surface area contributed by atoms with Crippen molar-refractivity contribution in [3.8, 4) is 5.75 Å². The van der Waals surface area contributed by atoms with Gasteiger partial charge in [-0.25, -0.2) is 4.79 Å². The molecular weight excluding hydrogens is 244 g/mol. The van der Waals surface area contributed by atoms with E-state index in [-0.39, 0.29) is 22.9 Å². The molecule has 0 aliphatic rings. The fourth-order valence-corrected chi connectivity index (χ4v) is 1.59. The number of esters is 1. The third-order valence-corrected chi connectivity index (χ3v) is 2.91. The summed E-state index contributed by atoms with van der Waals surface area (Å²) in [6.07, 6.45) is 0. The summed E-state index contributed by atoms with van der Waals surface area (Å²) in [5.41, 5.74) is 1.27. The minimum atomic E-state index is -0.998. The second-order valence-corrected chi connectivity index (χ2v) is 3.96. The van der Waals surface area contributed by atoms with E-state index in [2.05, 4.69) is 4.74 Å². The number of carbonyl (C=O) groups excluding carboxylic acids is 2. The molecule has 0 aromatic heterocycles. The number of ketones is 1. The molecule has 1 aromatic carbocycles. The molecule has 92 valence electrons. The van der Waals surface area contributed by atoms with Crippen molar-refractivity contribution in [3.63, 3.8) is 0 Å². The number of aryl methyl sites for hydroxylation is 1. The number of ether oxygens (including phenoxy) is 1. The Balaban J connectivity index is 3.24. The van der Waals surface area contributed by atoms with E-state index in [4.69, 9.17) is 11.6 Å². The zero-order valence-electron chi connectivity index (χ0n) is 9.83. The van der Waals surface area contributed by atoms with E-state index in [0.717, 1.165) is 5.56 Å². The maximum Gasteiger partial charge on any atom is 0.379 e.